The summed E-state index contributed by atoms with van der Waals surface area (Å²) >= 11 is -0.356. The van der Waals surface area contributed by atoms with Crippen molar-refractivity contribution in [2.45, 2.75) is 12.8 Å². The maximum atomic E-state index is 3.51. The molecule has 8 heavy (non-hydrogen) atoms. The Balaban J connectivity index is 2.07. The number of nitrogens with one attached hydrogen (secondary N) is 1. The predicted molar refractivity (Wildman–Crippen MR) is 35.8 cm³/mol. The van der Waals surface area contributed by atoms with E-state index in [0.29, 0.717) is 0 Å². The van der Waals surface area contributed by atoms with Gasteiger partial charge in [-0.1, -0.05) is 0 Å². The summed E-state index contributed by atoms with van der Waals surface area (Å²) in [6.45, 7) is 0. The van der Waals surface area contributed by atoms with Crippen LogP contribution in [0.2, 0.25) is 0 Å². The fraction of sp³-hybridized carbons (Fsp3) is 0.500. The van der Waals surface area contributed by atoms with Crippen molar-refractivity contribution in [3.63, 3.8) is 0 Å². The molecule has 1 nitrogen and oxygen atoms in total. The first-order valence-corrected chi connectivity index (χ1v) is 6.65. The number of allylic oxidation sites excluding steroid dienone is 2. The minimum atomic E-state index is -0.356. The molecule has 0 spiro atoms. The van der Waals surface area contributed by atoms with E-state index in [-0.39, 0.29) is 22.7 Å². The molecule has 1 fully saturated rings. The Bertz CT molecular complexity index is 156. The number of hydrogen-bond donors (Lipinski definition) is 1. The molecule has 1 saturated carbocycles. The third kappa shape index (κ3) is 0.859. The van der Waals surface area contributed by atoms with Gasteiger partial charge < -0.3 is 0 Å². The zero-order valence-electron chi connectivity index (χ0n) is 4.72. The van der Waals surface area contributed by atoms with Crippen molar-refractivity contribution in [2.24, 2.45) is 5.92 Å². The number of rotatable bonds is 1. The van der Waals surface area contributed by atoms with Gasteiger partial charge in [-0.05, 0) is 0 Å². The molecule has 0 atom stereocenters. The van der Waals surface area contributed by atoms with Crippen LogP contribution in [0, 0.1) is 5.92 Å². The zero-order chi connectivity index (χ0) is 5.40. The third-order valence-electron chi connectivity index (χ3n) is 1.64. The van der Waals surface area contributed by atoms with E-state index in [1.54, 1.807) is 5.70 Å². The van der Waals surface area contributed by atoms with Gasteiger partial charge in [-0.2, -0.15) is 0 Å². The van der Waals surface area contributed by atoms with E-state index in [9.17, 15) is 0 Å². The second kappa shape index (κ2) is 1.90. The Labute approximate surface area is 60.4 Å². The normalized spacial score (nSPS) is 24.2. The molecular weight excluding hydrogens is 201 g/mol. The second-order valence-corrected chi connectivity index (χ2v) is 5.27. The Kier molecular flexibility index (Phi) is 1.21. The summed E-state index contributed by atoms with van der Waals surface area (Å²) in [6, 6.07) is 0. The quantitative estimate of drug-likeness (QED) is 0.655. The van der Waals surface area contributed by atoms with Crippen molar-refractivity contribution in [1.29, 1.82) is 0 Å². The van der Waals surface area contributed by atoms with Gasteiger partial charge in [-0.15, -0.1) is 0 Å². The standard InChI is InChI=1S/C6H8N.In/c1-2-6(7)5-3-4-5;/h1-2,5,7H,3-4H2;/q-1;+1. The minimum absolute atomic E-state index is 0.356. The molecule has 0 saturated heterocycles. The van der Waals surface area contributed by atoms with Crippen LogP contribution >= 0.6 is 0 Å². The van der Waals surface area contributed by atoms with Crippen molar-refractivity contribution < 1.29 is 0 Å². The van der Waals surface area contributed by atoms with Crippen molar-refractivity contribution in [1.82, 2.24) is 3.30 Å². The van der Waals surface area contributed by atoms with E-state index in [1.165, 1.54) is 12.8 Å². The van der Waals surface area contributed by atoms with Crippen LogP contribution in [0.15, 0.2) is 11.8 Å². The SMILES string of the molecule is [CH]1=[In][NH]C(C2CC2)=C1. The summed E-state index contributed by atoms with van der Waals surface area (Å²) in [5.41, 5.74) is 1.56. The molecule has 1 aliphatic carbocycles. The average Bonchev–Trinajstić information content (AvgIpc) is 2.49. The Morgan fingerprint density at radius 1 is 1.62 bits per heavy atom. The van der Waals surface area contributed by atoms with E-state index in [0.717, 1.165) is 5.92 Å². The third-order valence-corrected chi connectivity index (χ3v) is 4.16. The van der Waals surface area contributed by atoms with Gasteiger partial charge in [-0.3, -0.25) is 0 Å². The van der Waals surface area contributed by atoms with Crippen LogP contribution in [0.1, 0.15) is 12.8 Å². The molecular formula is C6H8InN. The first-order valence-electron chi connectivity index (χ1n) is 3.10. The molecule has 2 aliphatic rings. The summed E-state index contributed by atoms with van der Waals surface area (Å²) in [6.07, 6.45) is 5.18. The predicted octanol–water partition coefficient (Wildman–Crippen LogP) is 0.305. The van der Waals surface area contributed by atoms with Gasteiger partial charge in [0.25, 0.3) is 0 Å². The van der Waals surface area contributed by atoms with E-state index < -0.39 is 0 Å². The molecule has 40 valence electrons. The second-order valence-electron chi connectivity index (χ2n) is 2.40. The van der Waals surface area contributed by atoms with Crippen LogP contribution in [0.4, 0.5) is 0 Å². The fourth-order valence-electron chi connectivity index (χ4n) is 0.993. The van der Waals surface area contributed by atoms with E-state index >= 15 is 0 Å². The first-order chi connectivity index (χ1) is 3.97. The van der Waals surface area contributed by atoms with Gasteiger partial charge in [0.15, 0.2) is 0 Å². The zero-order valence-corrected chi connectivity index (χ0v) is 8.02. The molecule has 0 radical (unpaired) electrons. The van der Waals surface area contributed by atoms with Crippen LogP contribution in [0.25, 0.3) is 0 Å². The first kappa shape index (κ1) is 5.10. The maximum absolute atomic E-state index is 3.51. The molecule has 2 rings (SSSR count). The molecule has 0 aromatic heterocycles. The van der Waals surface area contributed by atoms with E-state index in [2.05, 4.69) is 13.1 Å². The van der Waals surface area contributed by atoms with Gasteiger partial charge >= 0.3 is 60.3 Å². The molecule has 0 aromatic carbocycles. The van der Waals surface area contributed by atoms with Gasteiger partial charge in [0, 0.05) is 0 Å². The average molecular weight is 209 g/mol. The molecule has 0 amide bonds. The molecule has 0 unspecified atom stereocenters. The molecule has 1 aliphatic heterocycles. The van der Waals surface area contributed by atoms with Gasteiger partial charge in [-0.25, -0.2) is 0 Å². The Hall–Kier alpha value is 0.280. The number of hydrogen-bond acceptors (Lipinski definition) is 1. The van der Waals surface area contributed by atoms with Crippen LogP contribution in [-0.2, 0) is 0 Å². The van der Waals surface area contributed by atoms with Gasteiger partial charge in [0.05, 0.1) is 0 Å². The molecule has 2 heteroatoms. The van der Waals surface area contributed by atoms with Crippen molar-refractivity contribution in [3.05, 3.63) is 11.8 Å². The van der Waals surface area contributed by atoms with Crippen LogP contribution < -0.4 is 3.30 Å². The summed E-state index contributed by atoms with van der Waals surface area (Å²) in [5.74, 6) is 0.958. The van der Waals surface area contributed by atoms with Crippen molar-refractivity contribution in [3.8, 4) is 0 Å². The molecule has 0 aromatic rings. The Morgan fingerprint density at radius 2 is 2.50 bits per heavy atom. The van der Waals surface area contributed by atoms with Crippen LogP contribution in [0.5, 0.6) is 0 Å². The molecule has 0 bridgehead atoms. The summed E-state index contributed by atoms with van der Waals surface area (Å²) in [5, 5.41) is 0. The van der Waals surface area contributed by atoms with Gasteiger partial charge in [0.1, 0.15) is 0 Å². The topological polar surface area (TPSA) is 12.0 Å². The Morgan fingerprint density at radius 3 is 3.00 bits per heavy atom. The van der Waals surface area contributed by atoms with Gasteiger partial charge in [0.2, 0.25) is 0 Å². The van der Waals surface area contributed by atoms with Crippen LogP contribution in [-0.4, -0.2) is 26.5 Å². The van der Waals surface area contributed by atoms with E-state index in [1.807, 2.05) is 0 Å². The van der Waals surface area contributed by atoms with Crippen molar-refractivity contribution >= 4 is 26.5 Å². The van der Waals surface area contributed by atoms with Crippen molar-refractivity contribution in [2.75, 3.05) is 0 Å². The monoisotopic (exact) mass is 209 g/mol. The molecule has 1 N–H and O–H groups in total. The van der Waals surface area contributed by atoms with Crippen LogP contribution in [0.3, 0.4) is 0 Å². The summed E-state index contributed by atoms with van der Waals surface area (Å²) in [4.78, 5) is 0. The summed E-state index contributed by atoms with van der Waals surface area (Å²) < 4.78 is 5.89. The molecule has 1 heterocycles. The summed E-state index contributed by atoms with van der Waals surface area (Å²) in [7, 11) is 0. The fourth-order valence-corrected chi connectivity index (χ4v) is 3.63. The van der Waals surface area contributed by atoms with E-state index in [4.69, 9.17) is 0 Å².